The molecule has 2 aromatic rings. The summed E-state index contributed by atoms with van der Waals surface area (Å²) in [7, 11) is 2.17. The van der Waals surface area contributed by atoms with Gasteiger partial charge in [-0.15, -0.1) is 16.4 Å². The van der Waals surface area contributed by atoms with E-state index in [0.29, 0.717) is 6.04 Å². The Morgan fingerprint density at radius 2 is 2.19 bits per heavy atom. The maximum atomic E-state index is 5.69. The largest absolute Gasteiger partial charge is 0.296 e. The van der Waals surface area contributed by atoms with Crippen molar-refractivity contribution in [3.8, 4) is 10.7 Å². The van der Waals surface area contributed by atoms with Gasteiger partial charge in [0.2, 0.25) is 0 Å². The number of rotatable bonds is 6. The molecule has 112 valence electrons. The lowest BCUT2D eigenvalue weighted by molar-refractivity contribution is 0.242. The summed E-state index contributed by atoms with van der Waals surface area (Å²) in [4.78, 5) is 3.56. The van der Waals surface area contributed by atoms with Crippen molar-refractivity contribution in [3.05, 3.63) is 22.3 Å². The second kappa shape index (κ2) is 5.34. The van der Waals surface area contributed by atoms with Gasteiger partial charge in [-0.25, -0.2) is 4.68 Å². The van der Waals surface area contributed by atoms with Crippen LogP contribution in [0.2, 0.25) is 0 Å². The van der Waals surface area contributed by atoms with Gasteiger partial charge in [0.1, 0.15) is 0 Å². The highest BCUT2D eigenvalue weighted by molar-refractivity contribution is 7.71. The number of nitrogens with zero attached hydrogens (tertiary/aromatic N) is 4. The fourth-order valence-corrected chi connectivity index (χ4v) is 3.82. The molecule has 0 amide bonds. The molecule has 0 saturated heterocycles. The number of thiophene rings is 1. The van der Waals surface area contributed by atoms with Gasteiger partial charge < -0.3 is 0 Å². The third-order valence-corrected chi connectivity index (χ3v) is 5.44. The standard InChI is InChI=1S/C15H20N4S2/c1-17(9-11-4-5-11)10-18-15(20)19(12-6-7-12)14(16-18)13-3-2-8-21-13/h2-3,8,11-12H,4-7,9-10H2,1H3. The van der Waals surface area contributed by atoms with E-state index in [9.17, 15) is 0 Å². The smallest absolute Gasteiger partial charge is 0.199 e. The van der Waals surface area contributed by atoms with Crippen LogP contribution in [0, 0.1) is 10.7 Å². The predicted molar refractivity (Wildman–Crippen MR) is 88.0 cm³/mol. The number of hydrogen-bond acceptors (Lipinski definition) is 4. The first kappa shape index (κ1) is 13.7. The summed E-state index contributed by atoms with van der Waals surface area (Å²) in [6, 6.07) is 4.79. The molecule has 2 aromatic heterocycles. The first-order valence-corrected chi connectivity index (χ1v) is 8.93. The van der Waals surface area contributed by atoms with E-state index in [4.69, 9.17) is 17.3 Å². The molecule has 2 saturated carbocycles. The normalized spacial score (nSPS) is 18.6. The van der Waals surface area contributed by atoms with Gasteiger partial charge in [-0.1, -0.05) is 6.07 Å². The average Bonchev–Trinajstić information content (AvgIpc) is 3.37. The van der Waals surface area contributed by atoms with Crippen molar-refractivity contribution >= 4 is 23.6 Å². The lowest BCUT2D eigenvalue weighted by atomic mass is 10.4. The van der Waals surface area contributed by atoms with Gasteiger partial charge in [-0.05, 0) is 62.3 Å². The molecule has 0 atom stereocenters. The minimum absolute atomic E-state index is 0.567. The summed E-state index contributed by atoms with van der Waals surface area (Å²) >= 11 is 7.43. The molecule has 4 nitrogen and oxygen atoms in total. The summed E-state index contributed by atoms with van der Waals surface area (Å²) in [6.45, 7) is 1.96. The van der Waals surface area contributed by atoms with Crippen molar-refractivity contribution in [1.82, 2.24) is 19.2 Å². The van der Waals surface area contributed by atoms with E-state index in [2.05, 4.69) is 34.0 Å². The molecule has 0 bridgehead atoms. The van der Waals surface area contributed by atoms with E-state index in [1.54, 1.807) is 11.3 Å². The molecule has 6 heteroatoms. The van der Waals surface area contributed by atoms with Crippen LogP contribution in [-0.4, -0.2) is 32.8 Å². The van der Waals surface area contributed by atoms with Gasteiger partial charge in [0.15, 0.2) is 10.6 Å². The zero-order valence-electron chi connectivity index (χ0n) is 12.2. The van der Waals surface area contributed by atoms with Crippen molar-refractivity contribution < 1.29 is 0 Å². The third-order valence-electron chi connectivity index (χ3n) is 4.17. The SMILES string of the molecule is CN(CC1CC1)Cn1nc(-c2cccs2)n(C2CC2)c1=S. The molecule has 0 aromatic carbocycles. The molecule has 0 radical (unpaired) electrons. The molecular weight excluding hydrogens is 300 g/mol. The Balaban J connectivity index is 1.64. The molecule has 0 spiro atoms. The average molecular weight is 320 g/mol. The van der Waals surface area contributed by atoms with Crippen LogP contribution >= 0.6 is 23.6 Å². The molecule has 21 heavy (non-hydrogen) atoms. The second-order valence-electron chi connectivity index (χ2n) is 6.31. The highest BCUT2D eigenvalue weighted by Gasteiger charge is 2.30. The summed E-state index contributed by atoms with van der Waals surface area (Å²) < 4.78 is 5.15. The predicted octanol–water partition coefficient (Wildman–Crippen LogP) is 3.78. The van der Waals surface area contributed by atoms with Crippen LogP contribution in [0.15, 0.2) is 17.5 Å². The van der Waals surface area contributed by atoms with Gasteiger partial charge in [-0.2, -0.15) is 0 Å². The minimum Gasteiger partial charge on any atom is -0.296 e. The summed E-state index contributed by atoms with van der Waals surface area (Å²) in [5.74, 6) is 1.95. The van der Waals surface area contributed by atoms with Gasteiger partial charge in [0.05, 0.1) is 11.5 Å². The maximum absolute atomic E-state index is 5.69. The number of hydrogen-bond donors (Lipinski definition) is 0. The van der Waals surface area contributed by atoms with E-state index in [0.717, 1.165) is 29.7 Å². The summed E-state index contributed by atoms with van der Waals surface area (Å²) in [5, 5.41) is 6.93. The fourth-order valence-electron chi connectivity index (χ4n) is 2.78. The maximum Gasteiger partial charge on any atom is 0.199 e. The van der Waals surface area contributed by atoms with E-state index in [-0.39, 0.29) is 0 Å². The molecule has 4 rings (SSSR count). The molecule has 0 unspecified atom stereocenters. The van der Waals surface area contributed by atoms with Crippen LogP contribution in [0.3, 0.4) is 0 Å². The van der Waals surface area contributed by atoms with E-state index < -0.39 is 0 Å². The molecule has 2 aliphatic rings. The molecular formula is C15H20N4S2. The second-order valence-corrected chi connectivity index (χ2v) is 7.62. The first-order valence-electron chi connectivity index (χ1n) is 7.64. The highest BCUT2D eigenvalue weighted by atomic mass is 32.1. The van der Waals surface area contributed by atoms with Crippen molar-refractivity contribution in [2.75, 3.05) is 13.6 Å². The minimum atomic E-state index is 0.567. The highest BCUT2D eigenvalue weighted by Crippen LogP contribution is 2.39. The fraction of sp³-hybridized carbons (Fsp3) is 0.600. The molecule has 0 N–H and O–H groups in total. The molecule has 2 aliphatic carbocycles. The quantitative estimate of drug-likeness (QED) is 0.758. The molecule has 2 heterocycles. The number of aromatic nitrogens is 3. The van der Waals surface area contributed by atoms with Crippen molar-refractivity contribution in [2.45, 2.75) is 38.4 Å². The Morgan fingerprint density at radius 3 is 2.81 bits per heavy atom. The van der Waals surface area contributed by atoms with Gasteiger partial charge >= 0.3 is 0 Å². The van der Waals surface area contributed by atoms with Crippen LogP contribution in [0.1, 0.15) is 31.7 Å². The Labute approximate surface area is 134 Å². The van der Waals surface area contributed by atoms with E-state index in [1.807, 2.05) is 4.68 Å². The Morgan fingerprint density at radius 1 is 1.38 bits per heavy atom. The monoisotopic (exact) mass is 320 g/mol. The zero-order valence-corrected chi connectivity index (χ0v) is 13.9. The topological polar surface area (TPSA) is 26.0 Å². The van der Waals surface area contributed by atoms with Crippen LogP contribution in [0.25, 0.3) is 10.7 Å². The van der Waals surface area contributed by atoms with Gasteiger partial charge in [-0.3, -0.25) is 9.47 Å². The lowest BCUT2D eigenvalue weighted by Gasteiger charge is -2.15. The summed E-state index contributed by atoms with van der Waals surface area (Å²) in [5.41, 5.74) is 0. The van der Waals surface area contributed by atoms with Crippen LogP contribution in [0.5, 0.6) is 0 Å². The van der Waals surface area contributed by atoms with E-state index in [1.165, 1.54) is 30.6 Å². The van der Waals surface area contributed by atoms with E-state index >= 15 is 0 Å². The molecule has 2 fully saturated rings. The Hall–Kier alpha value is -0.980. The van der Waals surface area contributed by atoms with Crippen LogP contribution in [-0.2, 0) is 6.67 Å². The van der Waals surface area contributed by atoms with Crippen LogP contribution in [0.4, 0.5) is 0 Å². The van der Waals surface area contributed by atoms with Crippen LogP contribution < -0.4 is 0 Å². The lowest BCUT2D eigenvalue weighted by Crippen LogP contribution is -2.25. The third kappa shape index (κ3) is 2.84. The van der Waals surface area contributed by atoms with Crippen molar-refractivity contribution in [3.63, 3.8) is 0 Å². The Bertz CT molecular complexity index is 677. The van der Waals surface area contributed by atoms with Gasteiger partial charge in [0, 0.05) is 12.6 Å². The zero-order chi connectivity index (χ0) is 14.4. The first-order chi connectivity index (χ1) is 10.2. The molecule has 0 aliphatic heterocycles. The van der Waals surface area contributed by atoms with Crippen molar-refractivity contribution in [1.29, 1.82) is 0 Å². The summed E-state index contributed by atoms with van der Waals surface area (Å²) in [6.07, 6.45) is 5.23. The van der Waals surface area contributed by atoms with Gasteiger partial charge in [0.25, 0.3) is 0 Å². The Kier molecular flexibility index (Phi) is 3.47. The van der Waals surface area contributed by atoms with Crippen molar-refractivity contribution in [2.24, 2.45) is 5.92 Å².